The van der Waals surface area contributed by atoms with Gasteiger partial charge < -0.3 is 0 Å². The fourth-order valence-electron chi connectivity index (χ4n) is 10.4. The molecule has 0 saturated carbocycles. The van der Waals surface area contributed by atoms with Gasteiger partial charge in [0.1, 0.15) is 0 Å². The molecule has 63 heavy (non-hydrogen) atoms. The highest BCUT2D eigenvalue weighted by Gasteiger charge is 2.38. The topological polar surface area (TPSA) is 25.8 Å². The van der Waals surface area contributed by atoms with Crippen molar-refractivity contribution in [3.63, 3.8) is 0 Å². The van der Waals surface area contributed by atoms with E-state index in [4.69, 9.17) is 9.97 Å². The van der Waals surface area contributed by atoms with E-state index in [1.54, 1.807) is 0 Å². The molecule has 0 unspecified atom stereocenters. The van der Waals surface area contributed by atoms with E-state index in [0.29, 0.717) is 5.82 Å². The third-order valence-corrected chi connectivity index (χ3v) is 13.3. The number of hydrogen-bond donors (Lipinski definition) is 0. The van der Waals surface area contributed by atoms with Crippen molar-refractivity contribution >= 4 is 32.3 Å². The van der Waals surface area contributed by atoms with E-state index >= 15 is 0 Å². The molecule has 1 aliphatic rings. The van der Waals surface area contributed by atoms with Crippen LogP contribution in [0.1, 0.15) is 25.0 Å². The van der Waals surface area contributed by atoms with Crippen LogP contribution < -0.4 is 0 Å². The summed E-state index contributed by atoms with van der Waals surface area (Å²) in [6, 6.07) is 79.0. The molecule has 0 spiro atoms. The number of fused-ring (bicyclic) bond motifs is 7. The molecular weight excluding hydrogens is 761 g/mol. The maximum Gasteiger partial charge on any atom is 0.160 e. The van der Waals surface area contributed by atoms with Crippen LogP contribution in [0.15, 0.2) is 218 Å². The zero-order valence-corrected chi connectivity index (χ0v) is 35.2. The summed E-state index contributed by atoms with van der Waals surface area (Å²) < 4.78 is 0. The quantitative estimate of drug-likeness (QED) is 0.167. The Bertz CT molecular complexity index is 3580. The minimum atomic E-state index is -0.129. The predicted molar refractivity (Wildman–Crippen MR) is 265 cm³/mol. The highest BCUT2D eigenvalue weighted by molar-refractivity contribution is 6.13. The molecule has 0 fully saturated rings. The van der Waals surface area contributed by atoms with Gasteiger partial charge in [-0.3, -0.25) is 0 Å². The maximum absolute atomic E-state index is 5.31. The van der Waals surface area contributed by atoms with E-state index in [-0.39, 0.29) is 5.41 Å². The Labute approximate surface area is 367 Å². The minimum Gasteiger partial charge on any atom is -0.228 e. The molecule has 2 nitrogen and oxygen atoms in total. The van der Waals surface area contributed by atoms with Crippen LogP contribution in [0, 0.1) is 0 Å². The van der Waals surface area contributed by atoms with E-state index < -0.39 is 0 Å². The van der Waals surface area contributed by atoms with Crippen LogP contribution in [0.3, 0.4) is 0 Å². The Morgan fingerprint density at radius 1 is 0.317 bits per heavy atom. The van der Waals surface area contributed by atoms with Gasteiger partial charge in [0.25, 0.3) is 0 Å². The molecular formula is C61H42N2. The number of rotatable bonds is 6. The fraction of sp³-hybridized carbons (Fsp3) is 0.0492. The van der Waals surface area contributed by atoms with E-state index in [9.17, 15) is 0 Å². The summed E-state index contributed by atoms with van der Waals surface area (Å²) in [4.78, 5) is 10.6. The minimum absolute atomic E-state index is 0.129. The first-order valence-electron chi connectivity index (χ1n) is 21.8. The van der Waals surface area contributed by atoms with Crippen molar-refractivity contribution < 1.29 is 0 Å². The summed E-state index contributed by atoms with van der Waals surface area (Å²) in [7, 11) is 0. The molecule has 10 aromatic carbocycles. The highest BCUT2D eigenvalue weighted by Crippen LogP contribution is 2.55. The van der Waals surface area contributed by atoms with Crippen LogP contribution in [0.5, 0.6) is 0 Å². The summed E-state index contributed by atoms with van der Waals surface area (Å²) >= 11 is 0. The summed E-state index contributed by atoms with van der Waals surface area (Å²) in [5.41, 5.74) is 17.5. The standard InChI is InChI=1S/C61H42N2/c1-61(2)55-31-17-30-53(58(55)54-33-32-40-20-9-10-24-43(40)59(54)61)50-35-34-48(44-25-12-13-26-45(44)50)49-36-37-52(47-28-15-14-27-46(47)49)57-38-56(62-60(63-57)41-21-7-4-8-22-41)51-29-16-11-23-42(51)39-18-5-3-6-19-39/h3-38H,1-2H3. The summed E-state index contributed by atoms with van der Waals surface area (Å²) in [5, 5.41) is 7.43. The normalized spacial score (nSPS) is 12.7. The van der Waals surface area contributed by atoms with Crippen molar-refractivity contribution in [3.8, 4) is 78.4 Å². The number of nitrogens with zero attached hydrogens (tertiary/aromatic N) is 2. The van der Waals surface area contributed by atoms with E-state index in [0.717, 1.165) is 44.6 Å². The Morgan fingerprint density at radius 2 is 0.778 bits per heavy atom. The molecule has 0 N–H and O–H groups in total. The molecule has 11 aromatic rings. The van der Waals surface area contributed by atoms with E-state index in [2.05, 4.69) is 226 Å². The summed E-state index contributed by atoms with van der Waals surface area (Å²) in [6.45, 7) is 4.77. The van der Waals surface area contributed by atoms with Crippen molar-refractivity contribution in [1.29, 1.82) is 0 Å². The second-order valence-electron chi connectivity index (χ2n) is 17.2. The molecule has 0 aliphatic heterocycles. The molecule has 0 atom stereocenters. The van der Waals surface area contributed by atoms with Gasteiger partial charge in [-0.2, -0.15) is 0 Å². The average Bonchev–Trinajstić information content (AvgIpc) is 3.60. The zero-order chi connectivity index (χ0) is 42.1. The summed E-state index contributed by atoms with van der Waals surface area (Å²) in [5.74, 6) is 0.701. The van der Waals surface area contributed by atoms with Crippen molar-refractivity contribution in [3.05, 3.63) is 230 Å². The van der Waals surface area contributed by atoms with Gasteiger partial charge in [0, 0.05) is 22.1 Å². The fourth-order valence-corrected chi connectivity index (χ4v) is 10.4. The second kappa shape index (κ2) is 14.6. The third kappa shape index (κ3) is 5.94. The van der Waals surface area contributed by atoms with Crippen molar-refractivity contribution in [2.24, 2.45) is 0 Å². The Kier molecular flexibility index (Phi) is 8.55. The van der Waals surface area contributed by atoms with Crippen LogP contribution in [-0.2, 0) is 5.41 Å². The van der Waals surface area contributed by atoms with Gasteiger partial charge in [-0.15, -0.1) is 0 Å². The number of hydrogen-bond acceptors (Lipinski definition) is 2. The van der Waals surface area contributed by atoms with Gasteiger partial charge in [0.05, 0.1) is 11.4 Å². The first-order chi connectivity index (χ1) is 31.0. The maximum atomic E-state index is 5.31. The molecule has 1 aliphatic carbocycles. The SMILES string of the molecule is CC1(C)c2cccc(-c3ccc(-c4ccc(-c5cc(-c6ccccc6-c6ccccc6)nc(-c6ccccc6)n5)c5ccccc45)c4ccccc34)c2-c2ccc3ccccc3c21. The lowest BCUT2D eigenvalue weighted by Crippen LogP contribution is -2.15. The molecule has 2 heteroatoms. The molecule has 296 valence electrons. The van der Waals surface area contributed by atoms with Gasteiger partial charge in [-0.25, -0.2) is 9.97 Å². The lowest BCUT2D eigenvalue weighted by atomic mass is 9.80. The van der Waals surface area contributed by atoms with Crippen molar-refractivity contribution in [2.75, 3.05) is 0 Å². The molecule has 0 bridgehead atoms. The third-order valence-electron chi connectivity index (χ3n) is 13.3. The lowest BCUT2D eigenvalue weighted by Gasteiger charge is -2.23. The smallest absolute Gasteiger partial charge is 0.160 e. The zero-order valence-electron chi connectivity index (χ0n) is 35.2. The molecule has 1 aromatic heterocycles. The van der Waals surface area contributed by atoms with Gasteiger partial charge in [0.2, 0.25) is 0 Å². The average molecular weight is 803 g/mol. The van der Waals surface area contributed by atoms with Crippen LogP contribution in [0.25, 0.3) is 111 Å². The molecule has 1 heterocycles. The Balaban J connectivity index is 1.03. The Hall–Kier alpha value is -7.94. The van der Waals surface area contributed by atoms with Crippen LogP contribution in [0.2, 0.25) is 0 Å². The highest BCUT2D eigenvalue weighted by atomic mass is 14.9. The largest absolute Gasteiger partial charge is 0.228 e. The van der Waals surface area contributed by atoms with Crippen LogP contribution in [-0.4, -0.2) is 9.97 Å². The number of benzene rings is 10. The van der Waals surface area contributed by atoms with Crippen LogP contribution >= 0.6 is 0 Å². The van der Waals surface area contributed by atoms with Gasteiger partial charge in [-0.1, -0.05) is 226 Å². The lowest BCUT2D eigenvalue weighted by molar-refractivity contribution is 0.666. The van der Waals surface area contributed by atoms with Crippen LogP contribution in [0.4, 0.5) is 0 Å². The van der Waals surface area contributed by atoms with E-state index in [1.807, 2.05) is 6.07 Å². The molecule has 0 radical (unpaired) electrons. The van der Waals surface area contributed by atoms with Gasteiger partial charge in [0.15, 0.2) is 5.82 Å². The van der Waals surface area contributed by atoms with E-state index in [1.165, 1.54) is 71.4 Å². The first kappa shape index (κ1) is 36.9. The summed E-state index contributed by atoms with van der Waals surface area (Å²) in [6.07, 6.45) is 0. The number of aromatic nitrogens is 2. The second-order valence-corrected chi connectivity index (χ2v) is 17.2. The van der Waals surface area contributed by atoms with Gasteiger partial charge in [-0.05, 0) is 94.0 Å². The first-order valence-corrected chi connectivity index (χ1v) is 21.8. The molecule has 0 amide bonds. The monoisotopic (exact) mass is 802 g/mol. The van der Waals surface area contributed by atoms with Gasteiger partial charge >= 0.3 is 0 Å². The molecule has 0 saturated heterocycles. The molecule has 12 rings (SSSR count). The van der Waals surface area contributed by atoms with Crippen molar-refractivity contribution in [2.45, 2.75) is 19.3 Å². The van der Waals surface area contributed by atoms with Crippen molar-refractivity contribution in [1.82, 2.24) is 9.97 Å². The predicted octanol–water partition coefficient (Wildman–Crippen LogP) is 16.2. The Morgan fingerprint density at radius 3 is 1.43 bits per heavy atom.